The number of rotatable bonds is 4. The van der Waals surface area contributed by atoms with Crippen LogP contribution in [0.25, 0.3) is 0 Å². The van der Waals surface area contributed by atoms with Gasteiger partial charge in [-0.1, -0.05) is 18.0 Å². The van der Waals surface area contributed by atoms with E-state index in [1.54, 1.807) is 6.33 Å². The summed E-state index contributed by atoms with van der Waals surface area (Å²) in [6.07, 6.45) is 7.95. The van der Waals surface area contributed by atoms with Crippen LogP contribution in [-0.4, -0.2) is 25.4 Å². The maximum Gasteiger partial charge on any atom is 0.244 e. The van der Waals surface area contributed by atoms with Crippen LogP contribution in [0.3, 0.4) is 0 Å². The van der Waals surface area contributed by atoms with Gasteiger partial charge in [0.2, 0.25) is 5.89 Å². The second kappa shape index (κ2) is 5.81. The Hall–Kier alpha value is -1.34. The minimum absolute atomic E-state index is 0.0820. The maximum atomic E-state index is 5.44. The van der Waals surface area contributed by atoms with E-state index in [1.807, 2.05) is 11.8 Å². The zero-order valence-corrected chi connectivity index (χ0v) is 12.7. The molecule has 3 heterocycles. The Bertz CT molecular complexity index is 604. The smallest absolute Gasteiger partial charge is 0.244 e. The van der Waals surface area contributed by atoms with E-state index in [4.69, 9.17) is 4.52 Å². The fourth-order valence-electron chi connectivity index (χ4n) is 3.06. The van der Waals surface area contributed by atoms with E-state index in [2.05, 4.69) is 25.4 Å². The van der Waals surface area contributed by atoms with Crippen molar-refractivity contribution in [1.29, 1.82) is 0 Å². The SMILES string of the molecule is c1nc2c([nH]1)CNC(c1nc(CSC3CCCC3)no1)C2. The van der Waals surface area contributed by atoms with Crippen molar-refractivity contribution in [2.75, 3.05) is 0 Å². The van der Waals surface area contributed by atoms with E-state index < -0.39 is 0 Å². The predicted molar refractivity (Wildman–Crippen MR) is 79.7 cm³/mol. The number of nitrogens with one attached hydrogen (secondary N) is 2. The van der Waals surface area contributed by atoms with Crippen LogP contribution in [0.5, 0.6) is 0 Å². The molecule has 112 valence electrons. The van der Waals surface area contributed by atoms with Crippen LogP contribution >= 0.6 is 11.8 Å². The first-order chi connectivity index (χ1) is 10.4. The van der Waals surface area contributed by atoms with Gasteiger partial charge in [-0.25, -0.2) is 4.98 Å². The number of aromatic nitrogens is 4. The summed E-state index contributed by atoms with van der Waals surface area (Å²) in [5, 5.41) is 8.32. The molecule has 21 heavy (non-hydrogen) atoms. The first-order valence-corrected chi connectivity index (χ1v) is 8.62. The first-order valence-electron chi connectivity index (χ1n) is 7.57. The van der Waals surface area contributed by atoms with Crippen LogP contribution < -0.4 is 5.32 Å². The molecular weight excluding hydrogens is 286 g/mol. The van der Waals surface area contributed by atoms with Gasteiger partial charge in [-0.05, 0) is 12.8 Å². The molecule has 1 aliphatic heterocycles. The lowest BCUT2D eigenvalue weighted by Gasteiger charge is -2.19. The third-order valence-electron chi connectivity index (χ3n) is 4.26. The average Bonchev–Trinajstić information content (AvgIpc) is 3.25. The van der Waals surface area contributed by atoms with E-state index in [0.717, 1.165) is 41.2 Å². The third kappa shape index (κ3) is 2.85. The Morgan fingerprint density at radius 1 is 1.33 bits per heavy atom. The number of imidazole rings is 1. The molecule has 1 saturated carbocycles. The minimum Gasteiger partial charge on any atom is -0.347 e. The summed E-state index contributed by atoms with van der Waals surface area (Å²) >= 11 is 1.96. The lowest BCUT2D eigenvalue weighted by Crippen LogP contribution is -2.28. The normalized spacial score (nSPS) is 22.6. The molecule has 1 unspecified atom stereocenters. The van der Waals surface area contributed by atoms with Gasteiger partial charge in [-0.2, -0.15) is 16.7 Å². The molecule has 2 N–H and O–H groups in total. The zero-order valence-electron chi connectivity index (χ0n) is 11.8. The Morgan fingerprint density at radius 2 is 2.24 bits per heavy atom. The minimum atomic E-state index is 0.0820. The van der Waals surface area contributed by atoms with Crippen LogP contribution in [-0.2, 0) is 18.7 Å². The van der Waals surface area contributed by atoms with E-state index in [1.165, 1.54) is 25.7 Å². The Kier molecular flexibility index (Phi) is 3.69. The number of fused-ring (bicyclic) bond motifs is 1. The average molecular weight is 305 g/mol. The van der Waals surface area contributed by atoms with E-state index in [0.29, 0.717) is 5.89 Å². The fourth-order valence-corrected chi connectivity index (χ4v) is 4.23. The summed E-state index contributed by atoms with van der Waals surface area (Å²) in [6.45, 7) is 0.772. The highest BCUT2D eigenvalue weighted by atomic mass is 32.2. The number of hydrogen-bond donors (Lipinski definition) is 2. The van der Waals surface area contributed by atoms with Gasteiger partial charge in [0.15, 0.2) is 5.82 Å². The summed E-state index contributed by atoms with van der Waals surface area (Å²) in [6, 6.07) is 0.0820. The second-order valence-corrected chi connectivity index (χ2v) is 7.02. The van der Waals surface area contributed by atoms with Crippen molar-refractivity contribution in [2.24, 2.45) is 0 Å². The van der Waals surface area contributed by atoms with E-state index in [-0.39, 0.29) is 6.04 Å². The topological polar surface area (TPSA) is 79.6 Å². The lowest BCUT2D eigenvalue weighted by atomic mass is 10.1. The highest BCUT2D eigenvalue weighted by Gasteiger charge is 2.26. The van der Waals surface area contributed by atoms with Crippen LogP contribution in [0.15, 0.2) is 10.9 Å². The Morgan fingerprint density at radius 3 is 3.14 bits per heavy atom. The molecule has 0 radical (unpaired) electrons. The molecule has 1 fully saturated rings. The molecule has 2 aliphatic rings. The van der Waals surface area contributed by atoms with Gasteiger partial charge in [-0.3, -0.25) is 5.32 Å². The van der Waals surface area contributed by atoms with Gasteiger partial charge < -0.3 is 9.51 Å². The van der Waals surface area contributed by atoms with Gasteiger partial charge in [0.05, 0.1) is 29.5 Å². The van der Waals surface area contributed by atoms with Crippen LogP contribution in [0.2, 0.25) is 0 Å². The highest BCUT2D eigenvalue weighted by molar-refractivity contribution is 7.99. The molecule has 0 aromatic carbocycles. The highest BCUT2D eigenvalue weighted by Crippen LogP contribution is 2.31. The largest absolute Gasteiger partial charge is 0.347 e. The quantitative estimate of drug-likeness (QED) is 0.902. The van der Waals surface area contributed by atoms with Crippen molar-refractivity contribution in [1.82, 2.24) is 25.4 Å². The van der Waals surface area contributed by atoms with Gasteiger partial charge >= 0.3 is 0 Å². The van der Waals surface area contributed by atoms with Crippen LogP contribution in [0.4, 0.5) is 0 Å². The Balaban J connectivity index is 1.38. The summed E-state index contributed by atoms with van der Waals surface area (Å²) in [7, 11) is 0. The molecule has 0 spiro atoms. The summed E-state index contributed by atoms with van der Waals surface area (Å²) in [5.41, 5.74) is 2.25. The standard InChI is InChI=1S/C14H19N5OS/c1-2-4-9(3-1)21-7-13-18-14(20-19-13)11-5-10-12(6-15-11)17-8-16-10/h8-9,11,15H,1-7H2,(H,16,17). The van der Waals surface area contributed by atoms with Crippen molar-refractivity contribution >= 4 is 11.8 Å². The second-order valence-electron chi connectivity index (χ2n) is 5.73. The summed E-state index contributed by atoms with van der Waals surface area (Å²) in [4.78, 5) is 12.0. The number of aromatic amines is 1. The number of nitrogens with zero attached hydrogens (tertiary/aromatic N) is 3. The fraction of sp³-hybridized carbons (Fsp3) is 0.643. The van der Waals surface area contributed by atoms with E-state index >= 15 is 0 Å². The van der Waals surface area contributed by atoms with Crippen LogP contribution in [0.1, 0.15) is 54.8 Å². The lowest BCUT2D eigenvalue weighted by molar-refractivity contribution is 0.317. The van der Waals surface area contributed by atoms with E-state index in [9.17, 15) is 0 Å². The molecule has 6 nitrogen and oxygen atoms in total. The summed E-state index contributed by atoms with van der Waals surface area (Å²) < 4.78 is 5.44. The molecule has 1 atom stereocenters. The van der Waals surface area contributed by atoms with Crippen LogP contribution in [0, 0.1) is 0 Å². The van der Waals surface area contributed by atoms with Gasteiger partial charge in [0, 0.05) is 18.2 Å². The van der Waals surface area contributed by atoms with Crippen molar-refractivity contribution in [3.8, 4) is 0 Å². The van der Waals surface area contributed by atoms with Crippen molar-refractivity contribution in [3.63, 3.8) is 0 Å². The number of hydrogen-bond acceptors (Lipinski definition) is 6. The van der Waals surface area contributed by atoms with Crippen molar-refractivity contribution in [2.45, 2.75) is 55.7 Å². The molecule has 2 aromatic heterocycles. The number of H-pyrrole nitrogens is 1. The molecule has 7 heteroatoms. The Labute approximate surface area is 127 Å². The molecule has 0 bridgehead atoms. The number of thioether (sulfide) groups is 1. The molecule has 2 aromatic rings. The van der Waals surface area contributed by atoms with Crippen molar-refractivity contribution in [3.05, 3.63) is 29.4 Å². The molecule has 0 saturated heterocycles. The molecule has 4 rings (SSSR count). The third-order valence-corrected chi connectivity index (χ3v) is 5.63. The predicted octanol–water partition coefficient (Wildman–Crippen LogP) is 2.36. The van der Waals surface area contributed by atoms with Gasteiger partial charge in [-0.15, -0.1) is 0 Å². The van der Waals surface area contributed by atoms with Gasteiger partial charge in [0.25, 0.3) is 0 Å². The zero-order chi connectivity index (χ0) is 14.1. The summed E-state index contributed by atoms with van der Waals surface area (Å²) in [5.74, 6) is 2.36. The first kappa shape index (κ1) is 13.3. The maximum absolute atomic E-state index is 5.44. The van der Waals surface area contributed by atoms with Gasteiger partial charge in [0.1, 0.15) is 0 Å². The molecule has 0 amide bonds. The molecular formula is C14H19N5OS. The van der Waals surface area contributed by atoms with Crippen molar-refractivity contribution < 1.29 is 4.52 Å². The monoisotopic (exact) mass is 305 g/mol. The molecule has 1 aliphatic carbocycles.